The number of ether oxygens (including phenoxy) is 2. The Morgan fingerprint density at radius 2 is 2.00 bits per heavy atom. The second-order valence-electron chi connectivity index (χ2n) is 11.1. The molecular weight excluding hydrogens is 471 g/mol. The summed E-state index contributed by atoms with van der Waals surface area (Å²) in [5, 5.41) is 11.5. The van der Waals surface area contributed by atoms with Crippen molar-refractivity contribution in [3.63, 3.8) is 0 Å². The first-order valence-corrected chi connectivity index (χ1v) is 13.9. The lowest BCUT2D eigenvalue weighted by Crippen LogP contribution is -2.70. The predicted octanol–water partition coefficient (Wildman–Crippen LogP) is 4.20. The summed E-state index contributed by atoms with van der Waals surface area (Å²) in [5.74, 6) is -1.85. The third-order valence-corrected chi connectivity index (χ3v) is 10.00. The van der Waals surface area contributed by atoms with E-state index in [1.54, 1.807) is 19.9 Å². The maximum absolute atomic E-state index is 17.4. The van der Waals surface area contributed by atoms with Crippen molar-refractivity contribution in [3.05, 3.63) is 23.8 Å². The van der Waals surface area contributed by atoms with Crippen LogP contribution in [0.3, 0.4) is 0 Å². The smallest absolute Gasteiger partial charge is 0.306 e. The van der Waals surface area contributed by atoms with Gasteiger partial charge in [0.25, 0.3) is 0 Å². The Morgan fingerprint density at radius 3 is 2.66 bits per heavy atom. The van der Waals surface area contributed by atoms with Crippen LogP contribution in [-0.4, -0.2) is 58.8 Å². The molecule has 3 saturated carbocycles. The molecule has 0 aromatic heterocycles. The topological polar surface area (TPSA) is 89.9 Å². The van der Waals surface area contributed by atoms with Crippen LogP contribution in [0.5, 0.6) is 0 Å². The van der Waals surface area contributed by atoms with Gasteiger partial charge in [0.15, 0.2) is 17.1 Å². The van der Waals surface area contributed by atoms with Gasteiger partial charge in [0.2, 0.25) is 5.78 Å². The number of carbonyl (C=O) groups is 3. The molecule has 194 valence electrons. The average Bonchev–Trinajstić information content (AvgIpc) is 3.02. The molecule has 4 rings (SSSR count). The molecule has 0 saturated heterocycles. The summed E-state index contributed by atoms with van der Waals surface area (Å²) >= 11 is 1.44. The van der Waals surface area contributed by atoms with Crippen LogP contribution in [0.25, 0.3) is 0 Å². The number of thioether (sulfide) groups is 1. The van der Waals surface area contributed by atoms with E-state index in [2.05, 4.69) is 0 Å². The summed E-state index contributed by atoms with van der Waals surface area (Å²) in [4.78, 5) is 38.5. The Bertz CT molecular complexity index is 979. The zero-order valence-corrected chi connectivity index (χ0v) is 22.1. The predicted molar refractivity (Wildman–Crippen MR) is 131 cm³/mol. The summed E-state index contributed by atoms with van der Waals surface area (Å²) in [6.45, 7) is 7.01. The van der Waals surface area contributed by atoms with E-state index in [0.717, 1.165) is 0 Å². The van der Waals surface area contributed by atoms with Crippen molar-refractivity contribution in [2.75, 3.05) is 18.8 Å². The van der Waals surface area contributed by atoms with Gasteiger partial charge in [-0.25, -0.2) is 4.39 Å². The van der Waals surface area contributed by atoms with Crippen molar-refractivity contribution >= 4 is 29.3 Å². The number of aliphatic hydroxyl groups excluding tert-OH is 1. The van der Waals surface area contributed by atoms with Gasteiger partial charge in [0, 0.05) is 29.1 Å². The molecule has 8 atom stereocenters. The lowest BCUT2D eigenvalue weighted by molar-refractivity contribution is -0.228. The maximum atomic E-state index is 17.4. The number of halogens is 1. The molecule has 0 bridgehead atoms. The third-order valence-electron chi connectivity index (χ3n) is 9.59. The number of hydrogen-bond acceptors (Lipinski definition) is 7. The Hall–Kier alpha value is -1.51. The van der Waals surface area contributed by atoms with Crippen LogP contribution >= 0.6 is 11.8 Å². The normalized spacial score (nSPS) is 44.2. The van der Waals surface area contributed by atoms with E-state index in [9.17, 15) is 19.5 Å². The molecule has 0 aromatic carbocycles. The zero-order valence-electron chi connectivity index (χ0n) is 21.3. The first kappa shape index (κ1) is 26.6. The van der Waals surface area contributed by atoms with E-state index in [-0.39, 0.29) is 42.9 Å². The fourth-order valence-electron chi connectivity index (χ4n) is 7.98. The number of fused-ring (bicyclic) bond motifs is 5. The van der Waals surface area contributed by atoms with Crippen molar-refractivity contribution in [1.29, 1.82) is 0 Å². The van der Waals surface area contributed by atoms with E-state index in [1.165, 1.54) is 23.9 Å². The second kappa shape index (κ2) is 9.10. The van der Waals surface area contributed by atoms with Crippen LogP contribution in [-0.2, 0) is 23.9 Å². The van der Waals surface area contributed by atoms with Crippen molar-refractivity contribution in [2.24, 2.45) is 28.6 Å². The summed E-state index contributed by atoms with van der Waals surface area (Å²) in [6, 6.07) is 0. The fourth-order valence-corrected chi connectivity index (χ4v) is 8.23. The van der Waals surface area contributed by atoms with Crippen molar-refractivity contribution in [1.82, 2.24) is 0 Å². The Morgan fingerprint density at radius 1 is 1.29 bits per heavy atom. The first-order valence-electron chi connectivity index (χ1n) is 12.5. The summed E-state index contributed by atoms with van der Waals surface area (Å²) in [5.41, 5.74) is -4.85. The quantitative estimate of drug-likeness (QED) is 0.313. The number of aliphatic hydroxyl groups is 1. The van der Waals surface area contributed by atoms with Crippen LogP contribution in [0.15, 0.2) is 23.8 Å². The van der Waals surface area contributed by atoms with Crippen LogP contribution in [0.1, 0.15) is 59.8 Å². The summed E-state index contributed by atoms with van der Waals surface area (Å²) < 4.78 is 29.0. The van der Waals surface area contributed by atoms with Gasteiger partial charge in [-0.15, -0.1) is 11.8 Å². The maximum Gasteiger partial charge on any atom is 0.306 e. The standard InChI is InChI=1S/C27H37FO6S/c1-6-23(32)34-27(22(31)14-33-15-35-5)16(2)11-20-19-8-7-17-12-18(29)9-10-24(17,3)26(19,28)21(30)13-25(20,27)4/h9-10,12,16,19-21,30H,6-8,11,13-15H2,1-5H3/t16-,19-,20-,21-,24-,25-,26-,27-/m0/s1. The van der Waals surface area contributed by atoms with Gasteiger partial charge < -0.3 is 14.6 Å². The van der Waals surface area contributed by atoms with Crippen LogP contribution < -0.4 is 0 Å². The van der Waals surface area contributed by atoms with Gasteiger partial charge in [-0.2, -0.15) is 0 Å². The molecule has 3 fully saturated rings. The highest BCUT2D eigenvalue weighted by atomic mass is 32.2. The van der Waals surface area contributed by atoms with Crippen molar-refractivity contribution in [3.8, 4) is 0 Å². The Kier molecular flexibility index (Phi) is 6.91. The van der Waals surface area contributed by atoms with Crippen LogP contribution in [0, 0.1) is 28.6 Å². The van der Waals surface area contributed by atoms with E-state index in [1.807, 2.05) is 20.1 Å². The van der Waals surface area contributed by atoms with E-state index in [0.29, 0.717) is 30.8 Å². The number of Topliss-reactive ketones (excluding diaryl/α,β-unsaturated/α-hetero) is 1. The molecular formula is C27H37FO6S. The first-order chi connectivity index (χ1) is 16.4. The molecule has 0 heterocycles. The number of carbonyl (C=O) groups excluding carboxylic acids is 3. The molecule has 1 N–H and O–H groups in total. The average molecular weight is 509 g/mol. The lowest BCUT2D eigenvalue weighted by Gasteiger charge is -2.62. The molecule has 8 heteroatoms. The van der Waals surface area contributed by atoms with Gasteiger partial charge in [0.05, 0.1) is 12.0 Å². The zero-order chi connectivity index (χ0) is 25.8. The van der Waals surface area contributed by atoms with Crippen molar-refractivity contribution < 1.29 is 33.4 Å². The number of hydrogen-bond donors (Lipinski definition) is 1. The van der Waals surface area contributed by atoms with Gasteiger partial charge >= 0.3 is 5.97 Å². The molecule has 0 unspecified atom stereocenters. The highest BCUT2D eigenvalue weighted by Crippen LogP contribution is 2.71. The Labute approximate surface area is 211 Å². The molecule has 0 amide bonds. The van der Waals surface area contributed by atoms with Gasteiger partial charge in [-0.3, -0.25) is 14.4 Å². The van der Waals surface area contributed by atoms with Gasteiger partial charge in [-0.1, -0.05) is 32.4 Å². The molecule has 0 spiro atoms. The SMILES string of the molecule is CCC(=O)O[C@]1(C(=O)COCSC)[C@@H](C)C[C@H]2[C@@H]3CCC4=CC(=O)C=C[C@]4(C)[C@@]3(F)[C@@H](O)C[C@@]21C. The molecule has 0 aliphatic heterocycles. The molecule has 0 radical (unpaired) electrons. The highest BCUT2D eigenvalue weighted by Gasteiger charge is 2.77. The number of allylic oxidation sites excluding steroid dienone is 4. The summed E-state index contributed by atoms with van der Waals surface area (Å²) in [6.07, 6.45) is 6.58. The highest BCUT2D eigenvalue weighted by molar-refractivity contribution is 7.98. The number of alkyl halides is 1. The lowest BCUT2D eigenvalue weighted by atomic mass is 9.44. The minimum absolute atomic E-state index is 0.0229. The minimum Gasteiger partial charge on any atom is -0.450 e. The minimum atomic E-state index is -2.00. The second-order valence-corrected chi connectivity index (χ2v) is 12.0. The molecule has 6 nitrogen and oxygen atoms in total. The van der Waals surface area contributed by atoms with Gasteiger partial charge in [-0.05, 0) is 56.9 Å². The fraction of sp³-hybridized carbons (Fsp3) is 0.741. The van der Waals surface area contributed by atoms with Gasteiger partial charge in [0.1, 0.15) is 6.61 Å². The molecule has 4 aliphatic carbocycles. The molecule has 0 aromatic rings. The number of esters is 1. The van der Waals surface area contributed by atoms with Crippen LogP contribution in [0.4, 0.5) is 4.39 Å². The molecule has 4 aliphatic rings. The largest absolute Gasteiger partial charge is 0.450 e. The monoisotopic (exact) mass is 508 g/mol. The van der Waals surface area contributed by atoms with E-state index >= 15 is 4.39 Å². The molecule has 35 heavy (non-hydrogen) atoms. The van der Waals surface area contributed by atoms with Crippen LogP contribution in [0.2, 0.25) is 0 Å². The summed E-state index contributed by atoms with van der Waals surface area (Å²) in [7, 11) is 0. The number of rotatable bonds is 7. The van der Waals surface area contributed by atoms with E-state index < -0.39 is 40.1 Å². The van der Waals surface area contributed by atoms with E-state index in [4.69, 9.17) is 9.47 Å². The Balaban J connectivity index is 1.80. The third kappa shape index (κ3) is 3.53. The van der Waals surface area contributed by atoms with Crippen molar-refractivity contribution in [2.45, 2.75) is 77.2 Å². The number of ketones is 2.